The van der Waals surface area contributed by atoms with Gasteiger partial charge in [-0.05, 0) is 36.8 Å². The van der Waals surface area contributed by atoms with Crippen molar-refractivity contribution in [1.29, 1.82) is 0 Å². The van der Waals surface area contributed by atoms with E-state index in [-0.39, 0.29) is 0 Å². The quantitative estimate of drug-likeness (QED) is 0.771. The smallest absolute Gasteiger partial charge is 0.149 e. The number of hydrogen-bond donors (Lipinski definition) is 3. The van der Waals surface area contributed by atoms with Gasteiger partial charge in [-0.25, -0.2) is 4.98 Å². The van der Waals surface area contributed by atoms with Gasteiger partial charge in [-0.3, -0.25) is 0 Å². The van der Waals surface area contributed by atoms with Crippen molar-refractivity contribution in [2.75, 3.05) is 23.9 Å². The molecule has 2 aromatic rings. The number of anilines is 4. The van der Waals surface area contributed by atoms with Crippen LogP contribution in [0.25, 0.3) is 0 Å². The highest BCUT2D eigenvalue weighted by atomic mass is 16.5. The molecule has 0 atom stereocenters. The maximum absolute atomic E-state index is 5.67. The van der Waals surface area contributed by atoms with E-state index in [1.54, 1.807) is 19.2 Å². The zero-order valence-corrected chi connectivity index (χ0v) is 10.4. The van der Waals surface area contributed by atoms with E-state index in [1.165, 1.54) is 0 Å². The summed E-state index contributed by atoms with van der Waals surface area (Å²) in [4.78, 5) is 4.16. The fraction of sp³-hybridized carbons (Fsp3) is 0.154. The maximum Gasteiger partial charge on any atom is 0.149 e. The number of nitrogen functional groups attached to an aromatic ring is 2. The Bertz CT molecular complexity index is 569. The minimum absolute atomic E-state index is 0.312. The first-order valence-corrected chi connectivity index (χ1v) is 5.54. The summed E-state index contributed by atoms with van der Waals surface area (Å²) in [7, 11) is 1.63. The Kier molecular flexibility index (Phi) is 3.23. The predicted octanol–water partition coefficient (Wildman–Crippen LogP) is 2.31. The molecule has 5 nitrogen and oxygen atoms in total. The Hall–Kier alpha value is -2.43. The van der Waals surface area contributed by atoms with Gasteiger partial charge >= 0.3 is 0 Å². The van der Waals surface area contributed by atoms with Gasteiger partial charge in [0.05, 0.1) is 18.5 Å². The summed E-state index contributed by atoms with van der Waals surface area (Å²) < 4.78 is 5.28. The first kappa shape index (κ1) is 12.0. The molecular weight excluding hydrogens is 228 g/mol. The third-order valence-corrected chi connectivity index (χ3v) is 2.58. The van der Waals surface area contributed by atoms with Crippen LogP contribution in [-0.4, -0.2) is 12.1 Å². The normalized spacial score (nSPS) is 10.1. The van der Waals surface area contributed by atoms with Crippen molar-refractivity contribution in [3.05, 3.63) is 35.9 Å². The number of nitrogens with zero attached hydrogens (tertiary/aromatic N) is 1. The molecule has 0 amide bonds. The van der Waals surface area contributed by atoms with Crippen molar-refractivity contribution >= 4 is 23.0 Å². The molecule has 94 valence electrons. The molecule has 1 aromatic carbocycles. The molecule has 5 heteroatoms. The second-order valence-electron chi connectivity index (χ2n) is 4.00. The zero-order valence-electron chi connectivity index (χ0n) is 10.4. The molecule has 0 saturated carbocycles. The first-order chi connectivity index (χ1) is 8.60. The molecular formula is C13H16N4O. The number of aromatic nitrogens is 1. The number of ether oxygens (including phenoxy) is 1. The molecule has 0 saturated heterocycles. The number of benzene rings is 1. The van der Waals surface area contributed by atoms with E-state index in [0.717, 1.165) is 17.0 Å². The average molecular weight is 244 g/mol. The van der Waals surface area contributed by atoms with E-state index in [0.29, 0.717) is 17.3 Å². The molecule has 0 radical (unpaired) electrons. The van der Waals surface area contributed by atoms with Crippen molar-refractivity contribution in [1.82, 2.24) is 4.98 Å². The Morgan fingerprint density at radius 3 is 2.61 bits per heavy atom. The van der Waals surface area contributed by atoms with Gasteiger partial charge in [-0.15, -0.1) is 0 Å². The summed E-state index contributed by atoms with van der Waals surface area (Å²) in [5.41, 5.74) is 13.7. The van der Waals surface area contributed by atoms with Gasteiger partial charge in [-0.2, -0.15) is 0 Å². The highest BCUT2D eigenvalue weighted by Gasteiger charge is 2.05. The molecule has 0 unspecified atom stereocenters. The third kappa shape index (κ3) is 2.45. The maximum atomic E-state index is 5.67. The predicted molar refractivity (Wildman–Crippen MR) is 74.1 cm³/mol. The summed E-state index contributed by atoms with van der Waals surface area (Å²) >= 11 is 0. The lowest BCUT2D eigenvalue weighted by molar-refractivity contribution is 0.416. The summed E-state index contributed by atoms with van der Waals surface area (Å²) in [5.74, 6) is 1.69. The molecule has 0 aliphatic heterocycles. The van der Waals surface area contributed by atoms with Crippen LogP contribution in [-0.2, 0) is 0 Å². The van der Waals surface area contributed by atoms with Crippen molar-refractivity contribution in [3.8, 4) is 5.75 Å². The van der Waals surface area contributed by atoms with Crippen LogP contribution in [0, 0.1) is 6.92 Å². The van der Waals surface area contributed by atoms with Gasteiger partial charge in [-0.1, -0.05) is 6.07 Å². The number of pyridine rings is 1. The van der Waals surface area contributed by atoms with Crippen molar-refractivity contribution in [2.24, 2.45) is 0 Å². The molecule has 1 aromatic heterocycles. The van der Waals surface area contributed by atoms with Crippen molar-refractivity contribution in [3.63, 3.8) is 0 Å². The SMILES string of the molecule is COc1ccc(C)cc1Nc1ccc(N)c(N)n1. The summed E-state index contributed by atoms with van der Waals surface area (Å²) in [6, 6.07) is 9.35. The van der Waals surface area contributed by atoms with Gasteiger partial charge in [0.1, 0.15) is 17.4 Å². The molecule has 0 aliphatic rings. The summed E-state index contributed by atoms with van der Waals surface area (Å²) in [6.45, 7) is 2.01. The fourth-order valence-corrected chi connectivity index (χ4v) is 1.61. The number of nitrogens with one attached hydrogen (secondary N) is 1. The van der Waals surface area contributed by atoms with Crippen LogP contribution in [0.5, 0.6) is 5.75 Å². The highest BCUT2D eigenvalue weighted by Crippen LogP contribution is 2.28. The van der Waals surface area contributed by atoms with E-state index in [9.17, 15) is 0 Å². The lowest BCUT2D eigenvalue weighted by Gasteiger charge is -2.12. The number of aryl methyl sites for hydroxylation is 1. The van der Waals surface area contributed by atoms with E-state index in [1.807, 2.05) is 25.1 Å². The number of methoxy groups -OCH3 is 1. The minimum Gasteiger partial charge on any atom is -0.495 e. The molecule has 0 aliphatic carbocycles. The van der Waals surface area contributed by atoms with E-state index >= 15 is 0 Å². The Morgan fingerprint density at radius 1 is 1.17 bits per heavy atom. The summed E-state index contributed by atoms with van der Waals surface area (Å²) in [5, 5.41) is 3.16. The lowest BCUT2D eigenvalue weighted by Crippen LogP contribution is -2.02. The van der Waals surface area contributed by atoms with Gasteiger partial charge in [0.2, 0.25) is 0 Å². The van der Waals surface area contributed by atoms with Crippen LogP contribution >= 0.6 is 0 Å². The van der Waals surface area contributed by atoms with Crippen LogP contribution in [0.1, 0.15) is 5.56 Å². The molecule has 5 N–H and O–H groups in total. The second-order valence-corrected chi connectivity index (χ2v) is 4.00. The Morgan fingerprint density at radius 2 is 1.94 bits per heavy atom. The molecule has 2 rings (SSSR count). The third-order valence-electron chi connectivity index (χ3n) is 2.58. The van der Waals surface area contributed by atoms with Crippen molar-refractivity contribution < 1.29 is 4.74 Å². The van der Waals surface area contributed by atoms with Gasteiger partial charge in [0, 0.05) is 0 Å². The molecule has 18 heavy (non-hydrogen) atoms. The van der Waals surface area contributed by atoms with Crippen LogP contribution in [0.4, 0.5) is 23.0 Å². The molecule has 0 bridgehead atoms. The number of hydrogen-bond acceptors (Lipinski definition) is 5. The average Bonchev–Trinajstić information content (AvgIpc) is 2.34. The standard InChI is InChI=1S/C13H16N4O/c1-8-3-5-11(18-2)10(7-8)16-12-6-4-9(14)13(15)17-12/h3-7H,14H2,1-2H3,(H3,15,16,17). The van der Waals surface area contributed by atoms with E-state index < -0.39 is 0 Å². The lowest BCUT2D eigenvalue weighted by atomic mass is 10.2. The van der Waals surface area contributed by atoms with Crippen LogP contribution in [0.15, 0.2) is 30.3 Å². The zero-order chi connectivity index (χ0) is 13.1. The van der Waals surface area contributed by atoms with Gasteiger partial charge in [0.25, 0.3) is 0 Å². The molecule has 0 spiro atoms. The van der Waals surface area contributed by atoms with Crippen LogP contribution < -0.4 is 21.5 Å². The van der Waals surface area contributed by atoms with Crippen LogP contribution in [0.2, 0.25) is 0 Å². The highest BCUT2D eigenvalue weighted by molar-refractivity contribution is 5.68. The van der Waals surface area contributed by atoms with Gasteiger partial charge < -0.3 is 21.5 Å². The fourth-order valence-electron chi connectivity index (χ4n) is 1.61. The Balaban J connectivity index is 2.33. The summed E-state index contributed by atoms with van der Waals surface area (Å²) in [6.07, 6.45) is 0. The molecule has 1 heterocycles. The number of nitrogens with two attached hydrogens (primary N) is 2. The van der Waals surface area contributed by atoms with Crippen molar-refractivity contribution in [2.45, 2.75) is 6.92 Å². The first-order valence-electron chi connectivity index (χ1n) is 5.54. The second kappa shape index (κ2) is 4.83. The number of rotatable bonds is 3. The minimum atomic E-state index is 0.312. The van der Waals surface area contributed by atoms with E-state index in [4.69, 9.17) is 16.2 Å². The van der Waals surface area contributed by atoms with Crippen LogP contribution in [0.3, 0.4) is 0 Å². The molecule has 0 fully saturated rings. The van der Waals surface area contributed by atoms with E-state index in [2.05, 4.69) is 10.3 Å². The monoisotopic (exact) mass is 244 g/mol. The largest absolute Gasteiger partial charge is 0.495 e. The topological polar surface area (TPSA) is 86.2 Å². The Labute approximate surface area is 106 Å². The van der Waals surface area contributed by atoms with Gasteiger partial charge in [0.15, 0.2) is 0 Å².